The predicted molar refractivity (Wildman–Crippen MR) is 211 cm³/mol. The van der Waals surface area contributed by atoms with Gasteiger partial charge >= 0.3 is 0 Å². The van der Waals surface area contributed by atoms with Crippen molar-refractivity contribution in [3.63, 3.8) is 0 Å². The van der Waals surface area contributed by atoms with E-state index in [1.807, 2.05) is 48.6 Å². The Labute approximate surface area is 310 Å². The van der Waals surface area contributed by atoms with Crippen LogP contribution in [0.5, 0.6) is 5.75 Å². The molecule has 0 radical (unpaired) electrons. The molecule has 3 aromatic carbocycles. The molecule has 282 valence electrons. The molecule has 0 aromatic heterocycles. The van der Waals surface area contributed by atoms with Crippen molar-refractivity contribution in [2.45, 2.75) is 57.9 Å². The third-order valence-corrected chi connectivity index (χ3v) is 9.27. The van der Waals surface area contributed by atoms with Gasteiger partial charge < -0.3 is 24.7 Å². The molecule has 1 amide bonds. The monoisotopic (exact) mass is 738 g/mol. The van der Waals surface area contributed by atoms with E-state index in [1.165, 1.54) is 19.2 Å². The van der Waals surface area contributed by atoms with E-state index in [4.69, 9.17) is 13.9 Å². The topological polar surface area (TPSA) is 73.2 Å². The number of unbranched alkanes of at least 4 members (excludes halogenated alkanes) is 1. The molecule has 3 atom stereocenters. The van der Waals surface area contributed by atoms with Crippen LogP contribution in [0.4, 0.5) is 13.5 Å². The maximum atomic E-state index is 14.9. The molecule has 52 heavy (non-hydrogen) atoms. The molecule has 0 aliphatic carbocycles. The van der Waals surface area contributed by atoms with E-state index in [0.29, 0.717) is 29.8 Å². The van der Waals surface area contributed by atoms with E-state index in [0.717, 1.165) is 60.8 Å². The maximum Gasteiger partial charge on any atom is 0.258 e. The molecule has 0 spiro atoms. The van der Waals surface area contributed by atoms with Gasteiger partial charge in [0.25, 0.3) is 5.91 Å². The largest absolute Gasteiger partial charge is 0.496 e. The number of carbonyl (C=O) groups is 1. The van der Waals surface area contributed by atoms with Crippen LogP contribution in [0.1, 0.15) is 72.5 Å². The SMILES string of the molecule is C=C/C=C(\C/C=C\CO)C(C(C)c1ccc(P)cc1)N(C(=C)c1ccc(F)cc1OC)C(=O)c1ccc(CCCCN(CCC)CCO)cc1.FF. The fourth-order valence-electron chi connectivity index (χ4n) is 6.29. The summed E-state index contributed by atoms with van der Waals surface area (Å²) in [5.74, 6) is -0.651. The van der Waals surface area contributed by atoms with Crippen LogP contribution in [-0.2, 0) is 6.42 Å². The minimum absolute atomic E-state index is 0.106. The van der Waals surface area contributed by atoms with E-state index >= 15 is 0 Å². The number of aryl methyl sites for hydroxylation is 1. The summed E-state index contributed by atoms with van der Waals surface area (Å²) in [5.41, 5.74) is 4.41. The van der Waals surface area contributed by atoms with Crippen LogP contribution in [0.3, 0.4) is 0 Å². The summed E-state index contributed by atoms with van der Waals surface area (Å²) in [6, 6.07) is 19.6. The highest BCUT2D eigenvalue weighted by Crippen LogP contribution is 2.38. The van der Waals surface area contributed by atoms with Crippen molar-refractivity contribution in [1.82, 2.24) is 9.80 Å². The third kappa shape index (κ3) is 13.2. The second-order valence-corrected chi connectivity index (χ2v) is 13.1. The molecule has 10 heteroatoms. The van der Waals surface area contributed by atoms with E-state index in [2.05, 4.69) is 53.3 Å². The number of nitrogens with zero attached hydrogens (tertiary/aromatic N) is 2. The Morgan fingerprint density at radius 2 is 1.67 bits per heavy atom. The number of carbonyl (C=O) groups excluding carboxylic acids is 1. The Morgan fingerprint density at radius 3 is 2.27 bits per heavy atom. The molecule has 0 saturated carbocycles. The lowest BCUT2D eigenvalue weighted by Crippen LogP contribution is -2.43. The van der Waals surface area contributed by atoms with Crippen molar-refractivity contribution in [1.29, 1.82) is 0 Å². The highest BCUT2D eigenvalue weighted by atomic mass is 31.0. The highest BCUT2D eigenvalue weighted by Gasteiger charge is 2.35. The van der Waals surface area contributed by atoms with Gasteiger partial charge in [-0.05, 0) is 91.5 Å². The first-order valence-corrected chi connectivity index (χ1v) is 18.1. The lowest BCUT2D eigenvalue weighted by molar-refractivity contribution is 0.0790. The maximum absolute atomic E-state index is 14.9. The van der Waals surface area contributed by atoms with Crippen LogP contribution < -0.4 is 10.0 Å². The zero-order valence-corrected chi connectivity index (χ0v) is 31.8. The average molecular weight is 739 g/mol. The van der Waals surface area contributed by atoms with Gasteiger partial charge in [0.15, 0.2) is 0 Å². The molecule has 3 unspecified atom stereocenters. The number of allylic oxidation sites excluding steroid dienone is 3. The second-order valence-electron chi connectivity index (χ2n) is 12.4. The van der Waals surface area contributed by atoms with Gasteiger partial charge in [0.1, 0.15) is 11.6 Å². The highest BCUT2D eigenvalue weighted by molar-refractivity contribution is 7.27. The summed E-state index contributed by atoms with van der Waals surface area (Å²) >= 11 is 0. The number of aliphatic hydroxyl groups excluding tert-OH is 2. The molecule has 2 N–H and O–H groups in total. The zero-order valence-electron chi connectivity index (χ0n) is 30.6. The zero-order chi connectivity index (χ0) is 38.5. The standard InChI is InChI=1S/C42H54FN2O4P.F2/c1-6-12-35(14-9-11-28-46)41(31(3)34-19-22-38(50)23-20-34)45(32(4)39-24-21-37(43)30-40(39)49-5)42(48)36-17-15-33(16-18-36)13-8-10-26-44(25-7-2)27-29-47;1-2/h6,9,11-12,15-24,30-31,41,46-47H,1,4,7-8,10,13-14,25-29,50H2,2-3,5H3;/b11-9-,35-12+;. The van der Waals surface area contributed by atoms with Gasteiger partial charge in [-0.2, -0.15) is 0 Å². The molecule has 0 fully saturated rings. The normalized spacial score (nSPS) is 12.6. The van der Waals surface area contributed by atoms with Crippen LogP contribution in [0.2, 0.25) is 0 Å². The molecule has 0 aliphatic heterocycles. The van der Waals surface area contributed by atoms with Crippen molar-refractivity contribution >= 4 is 26.1 Å². The number of amides is 1. The predicted octanol–water partition coefficient (Wildman–Crippen LogP) is 8.54. The van der Waals surface area contributed by atoms with Gasteiger partial charge in [0.05, 0.1) is 26.4 Å². The fraction of sp³-hybridized carbons (Fsp3) is 0.357. The quantitative estimate of drug-likeness (QED) is 0.0497. The Kier molecular flexibility index (Phi) is 20.6. The molecule has 0 aliphatic rings. The molecular formula is C42H54F3N2O4P. The van der Waals surface area contributed by atoms with Crippen molar-refractivity contribution in [2.24, 2.45) is 0 Å². The Balaban J connectivity index is 0.00000460. The minimum Gasteiger partial charge on any atom is -0.496 e. The summed E-state index contributed by atoms with van der Waals surface area (Å²) in [4.78, 5) is 18.9. The van der Waals surface area contributed by atoms with Gasteiger partial charge in [-0.3, -0.25) is 4.79 Å². The van der Waals surface area contributed by atoms with Crippen LogP contribution in [0.25, 0.3) is 5.70 Å². The lowest BCUT2D eigenvalue weighted by atomic mass is 9.84. The first kappa shape index (κ1) is 44.2. The molecule has 0 saturated heterocycles. The Hall–Kier alpha value is -4.01. The number of aliphatic hydroxyl groups is 2. The minimum atomic E-state index is -0.536. The summed E-state index contributed by atoms with van der Waals surface area (Å²) in [6.45, 7) is 15.3. The van der Waals surface area contributed by atoms with Gasteiger partial charge in [0, 0.05) is 44.5 Å². The van der Waals surface area contributed by atoms with Crippen LogP contribution >= 0.6 is 9.24 Å². The summed E-state index contributed by atoms with van der Waals surface area (Å²) in [5, 5.41) is 19.9. The molecule has 3 rings (SSSR count). The van der Waals surface area contributed by atoms with E-state index in [9.17, 15) is 19.4 Å². The number of halogens is 3. The number of benzene rings is 3. The molecule has 6 nitrogen and oxygen atoms in total. The summed E-state index contributed by atoms with van der Waals surface area (Å²) in [7, 11) is 4.17. The van der Waals surface area contributed by atoms with Crippen molar-refractivity contribution in [3.8, 4) is 5.75 Å². The van der Waals surface area contributed by atoms with Crippen molar-refractivity contribution in [2.75, 3.05) is 40.0 Å². The lowest BCUT2D eigenvalue weighted by Gasteiger charge is -2.39. The third-order valence-electron chi connectivity index (χ3n) is 8.88. The number of ether oxygens (including phenoxy) is 1. The Morgan fingerprint density at radius 1 is 0.981 bits per heavy atom. The van der Waals surface area contributed by atoms with E-state index in [-0.39, 0.29) is 30.8 Å². The van der Waals surface area contributed by atoms with Gasteiger partial charge in [-0.1, -0.05) is 87.7 Å². The first-order chi connectivity index (χ1) is 25.2. The van der Waals surface area contributed by atoms with Crippen LogP contribution in [0.15, 0.2) is 110 Å². The van der Waals surface area contributed by atoms with Gasteiger partial charge in [-0.15, -0.1) is 9.24 Å². The van der Waals surface area contributed by atoms with Crippen molar-refractivity contribution < 1.29 is 33.3 Å². The smallest absolute Gasteiger partial charge is 0.258 e. The summed E-state index contributed by atoms with van der Waals surface area (Å²) in [6.07, 6.45) is 11.6. The van der Waals surface area contributed by atoms with Gasteiger partial charge in [0.2, 0.25) is 0 Å². The molecule has 3 aromatic rings. The molecule has 0 heterocycles. The fourth-order valence-corrected chi connectivity index (χ4v) is 6.48. The van der Waals surface area contributed by atoms with Crippen LogP contribution in [-0.4, -0.2) is 71.9 Å². The van der Waals surface area contributed by atoms with Gasteiger partial charge in [-0.25, -0.2) is 4.39 Å². The van der Waals surface area contributed by atoms with E-state index in [1.54, 1.807) is 23.1 Å². The second kappa shape index (κ2) is 24.3. The average Bonchev–Trinajstić information content (AvgIpc) is 3.16. The number of hydrogen-bond acceptors (Lipinski definition) is 5. The molecular weight excluding hydrogens is 684 g/mol. The molecule has 0 bridgehead atoms. The Bertz CT molecular complexity index is 1590. The number of hydrogen-bond donors (Lipinski definition) is 2. The van der Waals surface area contributed by atoms with Crippen LogP contribution in [0, 0.1) is 5.82 Å². The number of methoxy groups -OCH3 is 1. The first-order valence-electron chi connectivity index (χ1n) is 17.5. The summed E-state index contributed by atoms with van der Waals surface area (Å²) < 4.78 is 36.0. The number of rotatable bonds is 21. The van der Waals surface area contributed by atoms with Crippen molar-refractivity contribution in [3.05, 3.63) is 138 Å². The van der Waals surface area contributed by atoms with E-state index < -0.39 is 11.9 Å².